The maximum Gasteiger partial charge on any atom is 0.331 e. The number of fused-ring (bicyclic) bond motifs is 3. The van der Waals surface area contributed by atoms with Gasteiger partial charge in [0.25, 0.3) is 0 Å². The van der Waals surface area contributed by atoms with Gasteiger partial charge in [0.05, 0.1) is 9.99 Å². The molecule has 74 valence electrons. The number of hydrogen-bond acceptors (Lipinski definition) is 2. The van der Waals surface area contributed by atoms with Crippen LogP contribution in [0, 0.1) is 0 Å². The van der Waals surface area contributed by atoms with Crippen LogP contribution in [0.5, 0.6) is 0 Å². The highest BCUT2D eigenvalue weighted by molar-refractivity contribution is 9.10. The molecule has 0 aliphatic heterocycles. The third-order valence-electron chi connectivity index (χ3n) is 2.35. The van der Waals surface area contributed by atoms with Crippen molar-refractivity contribution in [1.29, 1.82) is 0 Å². The summed E-state index contributed by atoms with van der Waals surface area (Å²) in [6, 6.07) is 5.62. The maximum absolute atomic E-state index is 11.7. The first-order chi connectivity index (χ1) is 7.29. The number of aromatic amines is 1. The highest BCUT2D eigenvalue weighted by atomic mass is 79.9. The fraction of sp³-hybridized carbons (Fsp3) is 0. The molecule has 3 aromatic rings. The fourth-order valence-corrected chi connectivity index (χ4v) is 2.33. The van der Waals surface area contributed by atoms with Crippen LogP contribution in [0.15, 0.2) is 39.9 Å². The zero-order valence-electron chi connectivity index (χ0n) is 7.57. The minimum absolute atomic E-state index is 0.179. The second kappa shape index (κ2) is 2.93. The van der Waals surface area contributed by atoms with E-state index >= 15 is 0 Å². The van der Waals surface area contributed by atoms with E-state index in [4.69, 9.17) is 0 Å². The number of H-pyrrole nitrogens is 1. The molecule has 0 radical (unpaired) electrons. The van der Waals surface area contributed by atoms with Gasteiger partial charge >= 0.3 is 5.69 Å². The van der Waals surface area contributed by atoms with Crippen LogP contribution in [0.25, 0.3) is 16.6 Å². The lowest BCUT2D eigenvalue weighted by Gasteiger charge is -1.92. The zero-order valence-corrected chi connectivity index (χ0v) is 9.15. The maximum atomic E-state index is 11.7. The van der Waals surface area contributed by atoms with Gasteiger partial charge in [0.15, 0.2) is 0 Å². The normalized spacial score (nSPS) is 11.3. The Morgan fingerprint density at radius 3 is 3.13 bits per heavy atom. The average Bonchev–Trinajstić information content (AvgIpc) is 2.55. The minimum atomic E-state index is -0.179. The number of hydrogen-bond donors (Lipinski definition) is 1. The van der Waals surface area contributed by atoms with Crippen molar-refractivity contribution in [2.24, 2.45) is 0 Å². The largest absolute Gasteiger partial charge is 0.331 e. The van der Waals surface area contributed by atoms with Gasteiger partial charge in [-0.05, 0) is 34.1 Å². The molecule has 0 amide bonds. The summed E-state index contributed by atoms with van der Waals surface area (Å²) in [5.41, 5.74) is 1.32. The van der Waals surface area contributed by atoms with Crippen LogP contribution in [0.2, 0.25) is 0 Å². The number of nitrogens with one attached hydrogen (secondary N) is 1. The molecule has 0 spiro atoms. The second-order valence-corrected chi connectivity index (χ2v) is 3.99. The zero-order chi connectivity index (χ0) is 10.4. The van der Waals surface area contributed by atoms with Gasteiger partial charge in [0, 0.05) is 17.8 Å². The molecular weight excluding hydrogens is 258 g/mol. The predicted octanol–water partition coefficient (Wildman–Crippen LogP) is 1.94. The van der Waals surface area contributed by atoms with Crippen LogP contribution < -0.4 is 5.69 Å². The van der Waals surface area contributed by atoms with E-state index in [1.807, 2.05) is 18.2 Å². The van der Waals surface area contributed by atoms with Crippen molar-refractivity contribution in [2.75, 3.05) is 0 Å². The van der Waals surface area contributed by atoms with Gasteiger partial charge in [-0.25, -0.2) is 14.2 Å². The van der Waals surface area contributed by atoms with Gasteiger partial charge < -0.3 is 4.98 Å². The number of aromatic nitrogens is 3. The Morgan fingerprint density at radius 2 is 2.27 bits per heavy atom. The van der Waals surface area contributed by atoms with E-state index in [-0.39, 0.29) is 5.69 Å². The first-order valence-corrected chi connectivity index (χ1v) is 5.20. The van der Waals surface area contributed by atoms with Crippen LogP contribution in [0.1, 0.15) is 0 Å². The van der Waals surface area contributed by atoms with E-state index in [2.05, 4.69) is 25.9 Å². The summed E-state index contributed by atoms with van der Waals surface area (Å²) in [5, 5.41) is 0.939. The fourth-order valence-electron chi connectivity index (χ4n) is 1.71. The van der Waals surface area contributed by atoms with Crippen molar-refractivity contribution >= 4 is 32.5 Å². The van der Waals surface area contributed by atoms with E-state index < -0.39 is 0 Å². The number of nitrogens with zero attached hydrogens (tertiary/aromatic N) is 2. The molecule has 0 aliphatic carbocycles. The Morgan fingerprint density at radius 1 is 1.40 bits per heavy atom. The summed E-state index contributed by atoms with van der Waals surface area (Å²) in [7, 11) is 0. The van der Waals surface area contributed by atoms with Gasteiger partial charge in [-0.3, -0.25) is 0 Å². The van der Waals surface area contributed by atoms with Crippen LogP contribution in [-0.2, 0) is 0 Å². The van der Waals surface area contributed by atoms with Gasteiger partial charge in [-0.2, -0.15) is 0 Å². The van der Waals surface area contributed by atoms with Crippen LogP contribution in [-0.4, -0.2) is 14.4 Å². The van der Waals surface area contributed by atoms with E-state index in [1.165, 1.54) is 0 Å². The number of halogens is 1. The Labute approximate surface area is 92.7 Å². The third kappa shape index (κ3) is 1.07. The quantitative estimate of drug-likeness (QED) is 0.674. The summed E-state index contributed by atoms with van der Waals surface area (Å²) in [6.45, 7) is 0. The molecule has 3 heterocycles. The highest BCUT2D eigenvalue weighted by Crippen LogP contribution is 2.28. The molecule has 0 saturated carbocycles. The van der Waals surface area contributed by atoms with Crippen LogP contribution in [0.3, 0.4) is 0 Å². The molecule has 0 fully saturated rings. The number of pyridine rings is 1. The Hall–Kier alpha value is -1.62. The third-order valence-corrected chi connectivity index (χ3v) is 3.19. The van der Waals surface area contributed by atoms with Crippen LogP contribution in [0.4, 0.5) is 0 Å². The van der Waals surface area contributed by atoms with Crippen molar-refractivity contribution in [2.45, 2.75) is 0 Å². The minimum Gasteiger partial charge on any atom is -0.314 e. The Bertz CT molecular complexity index is 713. The van der Waals surface area contributed by atoms with Crippen LogP contribution >= 0.6 is 15.9 Å². The first kappa shape index (κ1) is 8.67. The lowest BCUT2D eigenvalue weighted by Crippen LogP contribution is -2.14. The smallest absolute Gasteiger partial charge is 0.314 e. The lowest BCUT2D eigenvalue weighted by atomic mass is 10.3. The molecule has 0 atom stereocenters. The molecule has 0 aromatic carbocycles. The summed E-state index contributed by atoms with van der Waals surface area (Å²) in [6.07, 6.45) is 3.30. The van der Waals surface area contributed by atoms with E-state index in [1.54, 1.807) is 16.8 Å². The van der Waals surface area contributed by atoms with E-state index in [9.17, 15) is 4.79 Å². The van der Waals surface area contributed by atoms with E-state index in [0.717, 1.165) is 15.4 Å². The molecule has 0 unspecified atom stereocenters. The second-order valence-electron chi connectivity index (χ2n) is 3.19. The molecule has 3 aromatic heterocycles. The Kier molecular flexibility index (Phi) is 1.70. The molecule has 0 aliphatic rings. The summed E-state index contributed by atoms with van der Waals surface area (Å²) in [5.74, 6) is 0. The first-order valence-electron chi connectivity index (χ1n) is 4.41. The van der Waals surface area contributed by atoms with Crippen molar-refractivity contribution in [3.8, 4) is 0 Å². The monoisotopic (exact) mass is 263 g/mol. The van der Waals surface area contributed by atoms with Crippen molar-refractivity contribution < 1.29 is 0 Å². The molecule has 0 bridgehead atoms. The van der Waals surface area contributed by atoms with Crippen molar-refractivity contribution in [3.05, 3.63) is 45.5 Å². The lowest BCUT2D eigenvalue weighted by molar-refractivity contribution is 1.02. The number of rotatable bonds is 0. The average molecular weight is 264 g/mol. The predicted molar refractivity (Wildman–Crippen MR) is 61.0 cm³/mol. The molecule has 1 N–H and O–H groups in total. The topological polar surface area (TPSA) is 50.2 Å². The molecule has 15 heavy (non-hydrogen) atoms. The van der Waals surface area contributed by atoms with Crippen molar-refractivity contribution in [1.82, 2.24) is 14.4 Å². The SMILES string of the molecule is O=c1[nH]ccc2c(Br)c3cccnc3n12. The molecule has 5 heteroatoms. The van der Waals surface area contributed by atoms with Gasteiger partial charge in [-0.15, -0.1) is 0 Å². The highest BCUT2D eigenvalue weighted by Gasteiger charge is 2.11. The van der Waals surface area contributed by atoms with Gasteiger partial charge in [0.2, 0.25) is 0 Å². The van der Waals surface area contributed by atoms with Crippen molar-refractivity contribution in [3.63, 3.8) is 0 Å². The summed E-state index contributed by atoms with van der Waals surface area (Å²) >= 11 is 3.47. The van der Waals surface area contributed by atoms with E-state index in [0.29, 0.717) is 5.65 Å². The van der Waals surface area contributed by atoms with Gasteiger partial charge in [0.1, 0.15) is 5.65 Å². The van der Waals surface area contributed by atoms with Gasteiger partial charge in [-0.1, -0.05) is 0 Å². The standard InChI is InChI=1S/C10H6BrN3O/c11-8-6-2-1-4-12-9(6)14-7(8)3-5-13-10(14)15/h1-5H,(H,13,15). The summed E-state index contributed by atoms with van der Waals surface area (Å²) < 4.78 is 2.45. The molecule has 3 rings (SSSR count). The summed E-state index contributed by atoms with van der Waals surface area (Å²) in [4.78, 5) is 18.5. The molecular formula is C10H6BrN3O. The molecule has 4 nitrogen and oxygen atoms in total. The molecule has 0 saturated heterocycles. The Balaban J connectivity index is 2.77.